The van der Waals surface area contributed by atoms with Crippen molar-refractivity contribution in [1.29, 1.82) is 0 Å². The summed E-state index contributed by atoms with van der Waals surface area (Å²) in [7, 11) is 0. The van der Waals surface area contributed by atoms with Crippen LogP contribution < -0.4 is 10.2 Å². The van der Waals surface area contributed by atoms with Crippen molar-refractivity contribution in [2.24, 2.45) is 0 Å². The van der Waals surface area contributed by atoms with Crippen LogP contribution in [0.25, 0.3) is 0 Å². The van der Waals surface area contributed by atoms with Crippen LogP contribution in [0.5, 0.6) is 5.75 Å². The van der Waals surface area contributed by atoms with Gasteiger partial charge in [0.25, 0.3) is 0 Å². The molecule has 2 aromatic rings. The molecule has 4 nitrogen and oxygen atoms in total. The number of aromatic hydroxyl groups is 1. The normalized spacial score (nSPS) is 9.95. The van der Waals surface area contributed by atoms with Gasteiger partial charge in [-0.15, -0.1) is 0 Å². The summed E-state index contributed by atoms with van der Waals surface area (Å²) in [5.41, 5.74) is 1.40. The van der Waals surface area contributed by atoms with E-state index in [1.54, 1.807) is 23.1 Å². The van der Waals surface area contributed by atoms with Gasteiger partial charge in [-0.1, -0.05) is 24.3 Å². The number of para-hydroxylation sites is 1. The molecule has 0 radical (unpaired) electrons. The lowest BCUT2D eigenvalue weighted by Crippen LogP contribution is -2.34. The molecule has 0 atom stereocenters. The number of urea groups is 1. The lowest BCUT2D eigenvalue weighted by molar-refractivity contribution is 0.257. The standard InChI is InChI=1S/C15H16N2O2/c1-2-17(13-8-4-3-5-9-13)15(19)16-12-7-6-10-14(18)11-12/h3-11,18H,2H2,1H3,(H,16,19). The van der Waals surface area contributed by atoms with Crippen LogP contribution in [0.2, 0.25) is 0 Å². The fourth-order valence-corrected chi connectivity index (χ4v) is 1.83. The van der Waals surface area contributed by atoms with E-state index in [1.807, 2.05) is 37.3 Å². The van der Waals surface area contributed by atoms with Crippen LogP contribution in [0, 0.1) is 0 Å². The molecule has 0 aliphatic heterocycles. The second kappa shape index (κ2) is 5.91. The smallest absolute Gasteiger partial charge is 0.326 e. The summed E-state index contributed by atoms with van der Waals surface area (Å²) in [6, 6.07) is 15.7. The molecule has 2 amide bonds. The zero-order valence-corrected chi connectivity index (χ0v) is 10.7. The molecule has 0 aromatic heterocycles. The molecule has 0 fully saturated rings. The second-order valence-electron chi connectivity index (χ2n) is 4.06. The Morgan fingerprint density at radius 1 is 1.16 bits per heavy atom. The Kier molecular flexibility index (Phi) is 4.03. The summed E-state index contributed by atoms with van der Waals surface area (Å²) < 4.78 is 0. The number of rotatable bonds is 3. The Morgan fingerprint density at radius 2 is 1.89 bits per heavy atom. The van der Waals surface area contributed by atoms with E-state index >= 15 is 0 Å². The van der Waals surface area contributed by atoms with Crippen LogP contribution in [0.3, 0.4) is 0 Å². The molecule has 2 N–H and O–H groups in total. The van der Waals surface area contributed by atoms with Gasteiger partial charge in [-0.25, -0.2) is 4.79 Å². The molecule has 0 aliphatic carbocycles. The molecule has 2 rings (SSSR count). The Labute approximate surface area is 112 Å². The predicted molar refractivity (Wildman–Crippen MR) is 76.6 cm³/mol. The summed E-state index contributed by atoms with van der Waals surface area (Å²) in [5, 5.41) is 12.1. The first-order valence-corrected chi connectivity index (χ1v) is 6.13. The van der Waals surface area contributed by atoms with Gasteiger partial charge < -0.3 is 10.4 Å². The van der Waals surface area contributed by atoms with E-state index in [1.165, 1.54) is 6.07 Å². The number of carbonyl (C=O) groups excluding carboxylic acids is 1. The van der Waals surface area contributed by atoms with Crippen molar-refractivity contribution >= 4 is 17.4 Å². The van der Waals surface area contributed by atoms with Crippen molar-refractivity contribution in [2.75, 3.05) is 16.8 Å². The first kappa shape index (κ1) is 13.0. The minimum atomic E-state index is -0.223. The highest BCUT2D eigenvalue weighted by molar-refractivity contribution is 6.01. The van der Waals surface area contributed by atoms with Crippen LogP contribution in [0.1, 0.15) is 6.92 Å². The molecule has 0 saturated heterocycles. The number of carbonyl (C=O) groups is 1. The molecular weight excluding hydrogens is 240 g/mol. The molecule has 0 bridgehead atoms. The van der Waals surface area contributed by atoms with Crippen LogP contribution in [-0.4, -0.2) is 17.7 Å². The number of phenols is 1. The zero-order valence-electron chi connectivity index (χ0n) is 10.7. The van der Waals surface area contributed by atoms with E-state index in [0.29, 0.717) is 12.2 Å². The van der Waals surface area contributed by atoms with E-state index < -0.39 is 0 Å². The summed E-state index contributed by atoms with van der Waals surface area (Å²) in [4.78, 5) is 13.8. The third kappa shape index (κ3) is 3.25. The van der Waals surface area contributed by atoms with Gasteiger partial charge in [0.05, 0.1) is 0 Å². The molecule has 0 heterocycles. The van der Waals surface area contributed by atoms with E-state index in [4.69, 9.17) is 0 Å². The van der Waals surface area contributed by atoms with Crippen LogP contribution in [0.4, 0.5) is 16.2 Å². The van der Waals surface area contributed by atoms with Crippen molar-refractivity contribution in [3.05, 3.63) is 54.6 Å². The van der Waals surface area contributed by atoms with Crippen molar-refractivity contribution < 1.29 is 9.90 Å². The van der Waals surface area contributed by atoms with Crippen molar-refractivity contribution in [1.82, 2.24) is 0 Å². The Bertz CT molecular complexity index is 555. The minimum absolute atomic E-state index is 0.126. The highest BCUT2D eigenvalue weighted by atomic mass is 16.3. The van der Waals surface area contributed by atoms with Crippen molar-refractivity contribution in [3.8, 4) is 5.75 Å². The number of anilines is 2. The maximum absolute atomic E-state index is 12.2. The molecule has 0 unspecified atom stereocenters. The summed E-state index contributed by atoms with van der Waals surface area (Å²) in [5.74, 6) is 0.126. The van der Waals surface area contributed by atoms with Crippen molar-refractivity contribution in [2.45, 2.75) is 6.92 Å². The largest absolute Gasteiger partial charge is 0.508 e. The molecule has 0 spiro atoms. The first-order valence-electron chi connectivity index (χ1n) is 6.13. The first-order chi connectivity index (χ1) is 9.20. The Balaban J connectivity index is 2.14. The molecule has 98 valence electrons. The van der Waals surface area contributed by atoms with Gasteiger partial charge in [0.15, 0.2) is 0 Å². The molecule has 2 aromatic carbocycles. The van der Waals surface area contributed by atoms with E-state index in [9.17, 15) is 9.90 Å². The number of hydrogen-bond acceptors (Lipinski definition) is 2. The molecular formula is C15H16N2O2. The molecule has 0 saturated carbocycles. The van der Waals surface area contributed by atoms with Gasteiger partial charge >= 0.3 is 6.03 Å². The fourth-order valence-electron chi connectivity index (χ4n) is 1.83. The quantitative estimate of drug-likeness (QED) is 0.883. The number of phenolic OH excluding ortho intramolecular Hbond substituents is 1. The van der Waals surface area contributed by atoms with Gasteiger partial charge in [-0.2, -0.15) is 0 Å². The van der Waals surface area contributed by atoms with E-state index in [0.717, 1.165) is 5.69 Å². The number of nitrogens with zero attached hydrogens (tertiary/aromatic N) is 1. The maximum atomic E-state index is 12.2. The number of amides is 2. The summed E-state index contributed by atoms with van der Waals surface area (Å²) >= 11 is 0. The third-order valence-corrected chi connectivity index (χ3v) is 2.73. The molecule has 4 heteroatoms. The second-order valence-corrected chi connectivity index (χ2v) is 4.06. The average Bonchev–Trinajstić information content (AvgIpc) is 2.41. The van der Waals surface area contributed by atoms with Crippen LogP contribution >= 0.6 is 0 Å². The number of benzene rings is 2. The lowest BCUT2D eigenvalue weighted by Gasteiger charge is -2.21. The lowest BCUT2D eigenvalue weighted by atomic mass is 10.3. The fraction of sp³-hybridized carbons (Fsp3) is 0.133. The van der Waals surface area contributed by atoms with Crippen molar-refractivity contribution in [3.63, 3.8) is 0 Å². The van der Waals surface area contributed by atoms with E-state index in [-0.39, 0.29) is 11.8 Å². The summed E-state index contributed by atoms with van der Waals surface area (Å²) in [6.45, 7) is 2.48. The van der Waals surface area contributed by atoms with Crippen LogP contribution in [-0.2, 0) is 0 Å². The monoisotopic (exact) mass is 256 g/mol. The number of hydrogen-bond donors (Lipinski definition) is 2. The Hall–Kier alpha value is -2.49. The van der Waals surface area contributed by atoms with Gasteiger partial charge in [-0.3, -0.25) is 4.90 Å². The topological polar surface area (TPSA) is 52.6 Å². The SMILES string of the molecule is CCN(C(=O)Nc1cccc(O)c1)c1ccccc1. The highest BCUT2D eigenvalue weighted by Crippen LogP contribution is 2.18. The van der Waals surface area contributed by atoms with Gasteiger partial charge in [0, 0.05) is 24.0 Å². The highest BCUT2D eigenvalue weighted by Gasteiger charge is 2.13. The average molecular weight is 256 g/mol. The van der Waals surface area contributed by atoms with Crippen LogP contribution in [0.15, 0.2) is 54.6 Å². The molecule has 19 heavy (non-hydrogen) atoms. The third-order valence-electron chi connectivity index (χ3n) is 2.73. The van der Waals surface area contributed by atoms with Gasteiger partial charge in [-0.05, 0) is 31.2 Å². The predicted octanol–water partition coefficient (Wildman–Crippen LogP) is 3.45. The van der Waals surface area contributed by atoms with E-state index in [2.05, 4.69) is 5.32 Å². The summed E-state index contributed by atoms with van der Waals surface area (Å²) in [6.07, 6.45) is 0. The Morgan fingerprint density at radius 3 is 2.53 bits per heavy atom. The molecule has 0 aliphatic rings. The van der Waals surface area contributed by atoms with Gasteiger partial charge in [0.2, 0.25) is 0 Å². The zero-order chi connectivity index (χ0) is 13.7. The van der Waals surface area contributed by atoms with Gasteiger partial charge in [0.1, 0.15) is 5.75 Å². The minimum Gasteiger partial charge on any atom is -0.508 e. The maximum Gasteiger partial charge on any atom is 0.326 e. The number of nitrogens with one attached hydrogen (secondary N) is 1.